The van der Waals surface area contributed by atoms with Gasteiger partial charge in [-0.1, -0.05) is 31.9 Å². The van der Waals surface area contributed by atoms with E-state index in [0.29, 0.717) is 29.9 Å². The molecule has 0 unspecified atom stereocenters. The van der Waals surface area contributed by atoms with Crippen molar-refractivity contribution in [2.24, 2.45) is 5.41 Å². The first-order valence-electron chi connectivity index (χ1n) is 5.76. The minimum Gasteiger partial charge on any atom is -0.404 e. The molecule has 112 valence electrons. The van der Waals surface area contributed by atoms with Crippen molar-refractivity contribution >= 4 is 37.5 Å². The minimum atomic E-state index is -4.72. The number of nitrogens with one attached hydrogen (secondary N) is 1. The first-order valence-corrected chi connectivity index (χ1v) is 7.68. The highest BCUT2D eigenvalue weighted by Gasteiger charge is 2.38. The van der Waals surface area contributed by atoms with Crippen LogP contribution in [0.3, 0.4) is 0 Å². The predicted octanol–water partition coefficient (Wildman–Crippen LogP) is 4.17. The highest BCUT2D eigenvalue weighted by atomic mass is 79.9. The fourth-order valence-electron chi connectivity index (χ4n) is 1.75. The average molecular weight is 419 g/mol. The molecule has 0 amide bonds. The van der Waals surface area contributed by atoms with Crippen LogP contribution in [0.2, 0.25) is 0 Å². The van der Waals surface area contributed by atoms with Gasteiger partial charge in [0.1, 0.15) is 0 Å². The number of anilines is 1. The van der Waals surface area contributed by atoms with Crippen LogP contribution in [0.15, 0.2) is 22.7 Å². The van der Waals surface area contributed by atoms with E-state index in [2.05, 4.69) is 41.9 Å². The summed E-state index contributed by atoms with van der Waals surface area (Å²) in [5.41, 5.74) is 0.223. The predicted molar refractivity (Wildman–Crippen MR) is 76.4 cm³/mol. The maximum Gasteiger partial charge on any atom is 0.573 e. The summed E-state index contributed by atoms with van der Waals surface area (Å²) in [5.74, 6) is -0.253. The van der Waals surface area contributed by atoms with Crippen LogP contribution < -0.4 is 10.1 Å². The number of hydrogen-bond donors (Lipinski definition) is 1. The Morgan fingerprint density at radius 1 is 1.35 bits per heavy atom. The van der Waals surface area contributed by atoms with Crippen LogP contribution in [-0.4, -0.2) is 31.5 Å². The van der Waals surface area contributed by atoms with Crippen molar-refractivity contribution in [2.75, 3.05) is 30.4 Å². The number of ether oxygens (including phenoxy) is 2. The van der Waals surface area contributed by atoms with E-state index >= 15 is 0 Å². The van der Waals surface area contributed by atoms with Crippen molar-refractivity contribution in [1.29, 1.82) is 0 Å². The standard InChI is InChI=1S/C12H12Br2F3NO2/c13-4-11(6-19-7-11)5-18-9-2-1-8(14)3-10(9)20-12(15,16)17/h1-3,18H,4-7H2. The van der Waals surface area contributed by atoms with Crippen molar-refractivity contribution < 1.29 is 22.6 Å². The van der Waals surface area contributed by atoms with Gasteiger partial charge < -0.3 is 14.8 Å². The van der Waals surface area contributed by atoms with Crippen LogP contribution in [0, 0.1) is 5.41 Å². The van der Waals surface area contributed by atoms with E-state index in [1.54, 1.807) is 12.1 Å². The molecule has 1 aliphatic rings. The van der Waals surface area contributed by atoms with E-state index in [0.717, 1.165) is 5.33 Å². The van der Waals surface area contributed by atoms with Gasteiger partial charge in [-0.2, -0.15) is 0 Å². The quantitative estimate of drug-likeness (QED) is 0.728. The van der Waals surface area contributed by atoms with Crippen LogP contribution in [0.1, 0.15) is 0 Å². The van der Waals surface area contributed by atoms with Gasteiger partial charge in [-0.05, 0) is 18.2 Å². The molecule has 0 saturated carbocycles. The lowest BCUT2D eigenvalue weighted by Gasteiger charge is -2.40. The fraction of sp³-hybridized carbons (Fsp3) is 0.500. The number of hydrogen-bond acceptors (Lipinski definition) is 3. The molecule has 1 aromatic carbocycles. The normalized spacial score (nSPS) is 17.4. The Balaban J connectivity index is 2.10. The third kappa shape index (κ3) is 4.02. The molecule has 0 bridgehead atoms. The van der Waals surface area contributed by atoms with Gasteiger partial charge in [-0.15, -0.1) is 13.2 Å². The van der Waals surface area contributed by atoms with Crippen LogP contribution in [0.25, 0.3) is 0 Å². The average Bonchev–Trinajstić information content (AvgIpc) is 2.28. The molecule has 0 aliphatic carbocycles. The van der Waals surface area contributed by atoms with Gasteiger partial charge in [0.25, 0.3) is 0 Å². The van der Waals surface area contributed by atoms with Crippen LogP contribution in [0.4, 0.5) is 18.9 Å². The molecule has 0 atom stereocenters. The first kappa shape index (κ1) is 15.9. The van der Waals surface area contributed by atoms with E-state index in [1.807, 2.05) is 0 Å². The molecule has 1 aliphatic heterocycles. The fourth-order valence-corrected chi connectivity index (χ4v) is 2.61. The van der Waals surface area contributed by atoms with Crippen molar-refractivity contribution in [3.8, 4) is 5.75 Å². The Labute approximate surface area is 131 Å². The van der Waals surface area contributed by atoms with E-state index in [-0.39, 0.29) is 11.2 Å². The summed E-state index contributed by atoms with van der Waals surface area (Å²) in [7, 11) is 0. The third-order valence-electron chi connectivity index (χ3n) is 2.92. The monoisotopic (exact) mass is 417 g/mol. The Bertz CT molecular complexity index is 473. The van der Waals surface area contributed by atoms with Crippen molar-refractivity contribution in [3.05, 3.63) is 22.7 Å². The minimum absolute atomic E-state index is 0.0808. The van der Waals surface area contributed by atoms with Gasteiger partial charge in [0.05, 0.1) is 18.9 Å². The molecule has 2 rings (SSSR count). The molecule has 0 aromatic heterocycles. The molecular weight excluding hydrogens is 407 g/mol. The van der Waals surface area contributed by atoms with Crippen LogP contribution in [-0.2, 0) is 4.74 Å². The molecule has 1 saturated heterocycles. The van der Waals surface area contributed by atoms with E-state index in [9.17, 15) is 13.2 Å². The van der Waals surface area contributed by atoms with Crippen molar-refractivity contribution in [1.82, 2.24) is 0 Å². The summed E-state index contributed by atoms with van der Waals surface area (Å²) in [6.45, 7) is 1.67. The van der Waals surface area contributed by atoms with E-state index in [4.69, 9.17) is 4.74 Å². The Kier molecular flexibility index (Phi) is 4.86. The van der Waals surface area contributed by atoms with E-state index < -0.39 is 6.36 Å². The van der Waals surface area contributed by atoms with E-state index in [1.165, 1.54) is 6.07 Å². The van der Waals surface area contributed by atoms with Gasteiger partial charge in [0.15, 0.2) is 5.75 Å². The third-order valence-corrected chi connectivity index (χ3v) is 4.61. The van der Waals surface area contributed by atoms with Gasteiger partial charge in [-0.3, -0.25) is 0 Å². The summed E-state index contributed by atoms with van der Waals surface area (Å²) in [6.07, 6.45) is -4.72. The second kappa shape index (κ2) is 6.11. The van der Waals surface area contributed by atoms with Crippen molar-refractivity contribution in [3.63, 3.8) is 0 Å². The zero-order chi connectivity index (χ0) is 14.8. The topological polar surface area (TPSA) is 30.5 Å². The van der Waals surface area contributed by atoms with Gasteiger partial charge in [0.2, 0.25) is 0 Å². The molecule has 3 nitrogen and oxygen atoms in total. The van der Waals surface area contributed by atoms with Crippen LogP contribution >= 0.6 is 31.9 Å². The van der Waals surface area contributed by atoms with Gasteiger partial charge in [-0.25, -0.2) is 0 Å². The highest BCUT2D eigenvalue weighted by Crippen LogP contribution is 2.35. The summed E-state index contributed by atoms with van der Waals surface area (Å²) in [5, 5.41) is 3.72. The highest BCUT2D eigenvalue weighted by molar-refractivity contribution is 9.10. The maximum atomic E-state index is 12.4. The number of benzene rings is 1. The van der Waals surface area contributed by atoms with Crippen LogP contribution in [0.5, 0.6) is 5.75 Å². The van der Waals surface area contributed by atoms with Crippen molar-refractivity contribution in [2.45, 2.75) is 6.36 Å². The lowest BCUT2D eigenvalue weighted by molar-refractivity contribution is -0.274. The Morgan fingerprint density at radius 3 is 2.55 bits per heavy atom. The Hall–Kier alpha value is -0.470. The van der Waals surface area contributed by atoms with Gasteiger partial charge >= 0.3 is 6.36 Å². The molecule has 8 heteroatoms. The smallest absolute Gasteiger partial charge is 0.404 e. The molecule has 1 heterocycles. The lowest BCUT2D eigenvalue weighted by atomic mass is 9.88. The first-order chi connectivity index (χ1) is 9.34. The molecule has 1 N–H and O–H groups in total. The second-order valence-corrected chi connectivity index (χ2v) is 6.14. The number of alkyl halides is 4. The molecule has 20 heavy (non-hydrogen) atoms. The molecular formula is C12H12Br2F3NO2. The maximum absolute atomic E-state index is 12.4. The number of halogens is 5. The molecule has 1 fully saturated rings. The zero-order valence-electron chi connectivity index (χ0n) is 10.3. The zero-order valence-corrected chi connectivity index (χ0v) is 13.4. The SMILES string of the molecule is FC(F)(F)Oc1cc(Br)ccc1NCC1(CBr)COC1. The molecule has 0 spiro atoms. The summed E-state index contributed by atoms with van der Waals surface area (Å²) >= 11 is 6.53. The molecule has 1 aromatic rings. The summed E-state index contributed by atoms with van der Waals surface area (Å²) < 4.78 is 46.8. The van der Waals surface area contributed by atoms with Gasteiger partial charge in [0, 0.05) is 21.8 Å². The summed E-state index contributed by atoms with van der Waals surface area (Å²) in [4.78, 5) is 0. The largest absolute Gasteiger partial charge is 0.573 e. The number of rotatable bonds is 5. The molecule has 0 radical (unpaired) electrons. The Morgan fingerprint density at radius 2 is 2.05 bits per heavy atom. The second-order valence-electron chi connectivity index (χ2n) is 4.67. The lowest BCUT2D eigenvalue weighted by Crippen LogP contribution is -2.49. The summed E-state index contributed by atoms with van der Waals surface area (Å²) in [6, 6.07) is 4.49.